The molecule has 0 aliphatic heterocycles. The molecule has 5 N–H and O–H groups in total. The van der Waals surface area contributed by atoms with Gasteiger partial charge in [-0.1, -0.05) is 6.07 Å². The zero-order valence-corrected chi connectivity index (χ0v) is 12.0. The van der Waals surface area contributed by atoms with Crippen LogP contribution in [0.5, 0.6) is 0 Å². The molecule has 0 bridgehead atoms. The molecule has 1 saturated carbocycles. The van der Waals surface area contributed by atoms with Crippen LogP contribution in [0.25, 0.3) is 0 Å². The van der Waals surface area contributed by atoms with Crippen molar-refractivity contribution >= 4 is 29.0 Å². The number of hydrogen-bond donors (Lipinski definition) is 3. The number of thioether (sulfide) groups is 1. The number of amides is 1. The molecule has 0 atom stereocenters. The highest BCUT2D eigenvalue weighted by Crippen LogP contribution is 2.31. The van der Waals surface area contributed by atoms with Crippen LogP contribution in [0.3, 0.4) is 0 Å². The van der Waals surface area contributed by atoms with Crippen molar-refractivity contribution in [2.45, 2.75) is 37.0 Å². The average molecular weight is 279 g/mol. The minimum Gasteiger partial charge on any atom is -0.397 e. The van der Waals surface area contributed by atoms with Gasteiger partial charge in [0.15, 0.2) is 0 Å². The highest BCUT2D eigenvalue weighted by Gasteiger charge is 2.22. The van der Waals surface area contributed by atoms with Crippen LogP contribution in [0.4, 0.5) is 11.4 Å². The van der Waals surface area contributed by atoms with E-state index in [0.717, 1.165) is 18.1 Å². The molecule has 0 radical (unpaired) electrons. The van der Waals surface area contributed by atoms with Crippen molar-refractivity contribution in [1.82, 2.24) is 0 Å². The highest BCUT2D eigenvalue weighted by atomic mass is 32.2. The Kier molecular flexibility index (Phi) is 4.58. The van der Waals surface area contributed by atoms with E-state index in [1.54, 1.807) is 18.2 Å². The standard InChI is InChI=1S/C14H21N3OS/c1-19-10-7-5-9(6-8-10)17-13-11(14(16)18)3-2-4-12(13)15/h2-4,9-10,17H,5-8,15H2,1H3,(H2,16,18). The number of carbonyl (C=O) groups excluding carboxylic acids is 1. The topological polar surface area (TPSA) is 81.1 Å². The van der Waals surface area contributed by atoms with Crippen molar-refractivity contribution in [2.24, 2.45) is 5.73 Å². The lowest BCUT2D eigenvalue weighted by molar-refractivity contribution is 0.100. The number of carbonyl (C=O) groups is 1. The first-order chi connectivity index (χ1) is 9.11. The number of hydrogen-bond acceptors (Lipinski definition) is 4. The van der Waals surface area contributed by atoms with E-state index < -0.39 is 5.91 Å². The first-order valence-corrected chi connectivity index (χ1v) is 7.88. The summed E-state index contributed by atoms with van der Waals surface area (Å²) in [6.07, 6.45) is 6.80. The zero-order chi connectivity index (χ0) is 13.8. The fourth-order valence-electron chi connectivity index (χ4n) is 2.58. The van der Waals surface area contributed by atoms with Gasteiger partial charge in [-0.25, -0.2) is 0 Å². The molecule has 5 heteroatoms. The first-order valence-electron chi connectivity index (χ1n) is 6.59. The van der Waals surface area contributed by atoms with Gasteiger partial charge in [0.1, 0.15) is 0 Å². The van der Waals surface area contributed by atoms with E-state index in [2.05, 4.69) is 11.6 Å². The summed E-state index contributed by atoms with van der Waals surface area (Å²) in [5.74, 6) is -0.437. The molecule has 1 aromatic rings. The molecule has 2 rings (SSSR count). The summed E-state index contributed by atoms with van der Waals surface area (Å²) < 4.78 is 0. The Morgan fingerprint density at radius 3 is 2.58 bits per heavy atom. The lowest BCUT2D eigenvalue weighted by atomic mass is 9.94. The summed E-state index contributed by atoms with van der Waals surface area (Å²) in [7, 11) is 0. The Hall–Kier alpha value is -1.36. The SMILES string of the molecule is CSC1CCC(Nc2c(N)cccc2C(N)=O)CC1. The third-order valence-electron chi connectivity index (χ3n) is 3.72. The van der Waals surface area contributed by atoms with Crippen LogP contribution in [-0.2, 0) is 0 Å². The van der Waals surface area contributed by atoms with Crippen LogP contribution in [0.2, 0.25) is 0 Å². The van der Waals surface area contributed by atoms with Gasteiger partial charge in [-0.15, -0.1) is 0 Å². The Morgan fingerprint density at radius 2 is 2.00 bits per heavy atom. The molecule has 1 aliphatic carbocycles. The minimum atomic E-state index is -0.437. The van der Waals surface area contributed by atoms with Gasteiger partial charge in [-0.2, -0.15) is 11.8 Å². The molecule has 1 aliphatic rings. The Morgan fingerprint density at radius 1 is 1.32 bits per heavy atom. The second-order valence-corrected chi connectivity index (χ2v) is 6.13. The normalized spacial score (nSPS) is 23.0. The van der Waals surface area contributed by atoms with E-state index in [1.165, 1.54) is 12.8 Å². The quantitative estimate of drug-likeness (QED) is 0.739. The third-order valence-corrected chi connectivity index (χ3v) is 4.86. The number of nitrogens with two attached hydrogens (primary N) is 2. The van der Waals surface area contributed by atoms with Gasteiger partial charge in [0.25, 0.3) is 5.91 Å². The fraction of sp³-hybridized carbons (Fsp3) is 0.500. The van der Waals surface area contributed by atoms with Gasteiger partial charge in [-0.3, -0.25) is 4.79 Å². The Labute approximate surface area is 118 Å². The number of primary amides is 1. The van der Waals surface area contributed by atoms with Gasteiger partial charge >= 0.3 is 0 Å². The zero-order valence-electron chi connectivity index (χ0n) is 11.2. The predicted octanol–water partition coefficient (Wildman–Crippen LogP) is 2.45. The van der Waals surface area contributed by atoms with E-state index in [9.17, 15) is 4.79 Å². The number of anilines is 2. The van der Waals surface area contributed by atoms with Gasteiger partial charge in [0, 0.05) is 11.3 Å². The number of para-hydroxylation sites is 1. The summed E-state index contributed by atoms with van der Waals surface area (Å²) in [5.41, 5.74) is 13.1. The molecule has 1 fully saturated rings. The Balaban J connectivity index is 2.09. The molecule has 1 aromatic carbocycles. The molecular weight excluding hydrogens is 258 g/mol. The number of benzene rings is 1. The number of nitrogen functional groups attached to an aromatic ring is 1. The predicted molar refractivity (Wildman–Crippen MR) is 82.6 cm³/mol. The van der Waals surface area contributed by atoms with Crippen molar-refractivity contribution < 1.29 is 4.79 Å². The molecule has 0 spiro atoms. The summed E-state index contributed by atoms with van der Waals surface area (Å²) in [4.78, 5) is 11.4. The van der Waals surface area contributed by atoms with Crippen molar-refractivity contribution in [3.8, 4) is 0 Å². The molecule has 1 amide bonds. The summed E-state index contributed by atoms with van der Waals surface area (Å²) in [6, 6.07) is 5.65. The van der Waals surface area contributed by atoms with Crippen LogP contribution < -0.4 is 16.8 Å². The van der Waals surface area contributed by atoms with Gasteiger partial charge in [0.2, 0.25) is 0 Å². The lowest BCUT2D eigenvalue weighted by Gasteiger charge is -2.29. The van der Waals surface area contributed by atoms with Crippen molar-refractivity contribution in [3.63, 3.8) is 0 Å². The van der Waals surface area contributed by atoms with E-state index in [4.69, 9.17) is 11.5 Å². The van der Waals surface area contributed by atoms with E-state index in [1.807, 2.05) is 11.8 Å². The largest absolute Gasteiger partial charge is 0.397 e. The maximum Gasteiger partial charge on any atom is 0.250 e. The molecule has 104 valence electrons. The Bertz CT molecular complexity index is 456. The smallest absolute Gasteiger partial charge is 0.250 e. The van der Waals surface area contributed by atoms with Gasteiger partial charge in [0.05, 0.1) is 16.9 Å². The molecule has 0 saturated heterocycles. The second-order valence-electron chi connectivity index (χ2n) is 4.99. The van der Waals surface area contributed by atoms with Gasteiger partial charge in [-0.05, 0) is 44.1 Å². The van der Waals surface area contributed by atoms with E-state index >= 15 is 0 Å². The monoisotopic (exact) mass is 279 g/mol. The molecular formula is C14H21N3OS. The molecule has 0 aromatic heterocycles. The third kappa shape index (κ3) is 3.35. The minimum absolute atomic E-state index is 0.381. The summed E-state index contributed by atoms with van der Waals surface area (Å²) in [6.45, 7) is 0. The summed E-state index contributed by atoms with van der Waals surface area (Å²) >= 11 is 1.94. The molecule has 0 unspecified atom stereocenters. The van der Waals surface area contributed by atoms with Crippen LogP contribution in [-0.4, -0.2) is 23.5 Å². The number of rotatable bonds is 4. The van der Waals surface area contributed by atoms with Gasteiger partial charge < -0.3 is 16.8 Å². The van der Waals surface area contributed by atoms with E-state index in [-0.39, 0.29) is 0 Å². The highest BCUT2D eigenvalue weighted by molar-refractivity contribution is 7.99. The molecule has 19 heavy (non-hydrogen) atoms. The second kappa shape index (κ2) is 6.19. The summed E-state index contributed by atoms with van der Waals surface area (Å²) in [5, 5.41) is 4.17. The van der Waals surface area contributed by atoms with E-state index in [0.29, 0.717) is 23.0 Å². The number of nitrogens with one attached hydrogen (secondary N) is 1. The van der Waals surface area contributed by atoms with Crippen molar-refractivity contribution in [2.75, 3.05) is 17.3 Å². The maximum atomic E-state index is 11.4. The van der Waals surface area contributed by atoms with Crippen LogP contribution >= 0.6 is 11.8 Å². The molecule has 0 heterocycles. The van der Waals surface area contributed by atoms with Crippen molar-refractivity contribution in [3.05, 3.63) is 23.8 Å². The first kappa shape index (κ1) is 14.1. The van der Waals surface area contributed by atoms with Crippen LogP contribution in [0, 0.1) is 0 Å². The average Bonchev–Trinajstić information content (AvgIpc) is 2.41. The van der Waals surface area contributed by atoms with Crippen LogP contribution in [0.15, 0.2) is 18.2 Å². The fourth-order valence-corrected chi connectivity index (χ4v) is 3.33. The maximum absolute atomic E-state index is 11.4. The van der Waals surface area contributed by atoms with Crippen molar-refractivity contribution in [1.29, 1.82) is 0 Å². The lowest BCUT2D eigenvalue weighted by Crippen LogP contribution is -2.28. The molecule has 4 nitrogen and oxygen atoms in total. The van der Waals surface area contributed by atoms with Crippen LogP contribution in [0.1, 0.15) is 36.0 Å².